The fraction of sp³-hybridized carbons (Fsp3) is 0.556. The van der Waals surface area contributed by atoms with Gasteiger partial charge < -0.3 is 31.3 Å². The van der Waals surface area contributed by atoms with Gasteiger partial charge in [-0.05, 0) is 43.4 Å². The van der Waals surface area contributed by atoms with Crippen LogP contribution < -0.4 is 16.4 Å². The molecule has 1 fully saturated rings. The zero-order chi connectivity index (χ0) is 28.3. The Morgan fingerprint density at radius 1 is 1.15 bits per heavy atom. The molecule has 0 bridgehead atoms. The normalized spacial score (nSPS) is 21.7. The van der Waals surface area contributed by atoms with Crippen LogP contribution in [0, 0.1) is 0 Å². The van der Waals surface area contributed by atoms with Crippen LogP contribution in [0.5, 0.6) is 0 Å². The highest BCUT2D eigenvalue weighted by molar-refractivity contribution is 5.89. The maximum Gasteiger partial charge on any atom is 0.319 e. The number of benzene rings is 1. The van der Waals surface area contributed by atoms with Crippen molar-refractivity contribution in [1.82, 2.24) is 29.7 Å². The molecule has 1 saturated heterocycles. The van der Waals surface area contributed by atoms with E-state index >= 15 is 0 Å². The van der Waals surface area contributed by atoms with Crippen LogP contribution in [-0.2, 0) is 10.2 Å². The molecule has 3 aromatic rings. The number of aromatic nitrogens is 4. The number of rotatable bonds is 9. The van der Waals surface area contributed by atoms with Crippen LogP contribution in [0.1, 0.15) is 52.8 Å². The van der Waals surface area contributed by atoms with Crippen LogP contribution in [0.3, 0.4) is 0 Å². The van der Waals surface area contributed by atoms with Gasteiger partial charge in [-0.1, -0.05) is 32.9 Å². The van der Waals surface area contributed by atoms with Crippen LogP contribution in [0.2, 0.25) is 0 Å². The quantitative estimate of drug-likeness (QED) is 0.256. The van der Waals surface area contributed by atoms with E-state index in [0.29, 0.717) is 37.2 Å². The summed E-state index contributed by atoms with van der Waals surface area (Å²) in [5, 5.41) is 27.3. The maximum absolute atomic E-state index is 12.4. The van der Waals surface area contributed by atoms with Crippen LogP contribution >= 0.6 is 0 Å². The first-order valence-electron chi connectivity index (χ1n) is 13.3. The van der Waals surface area contributed by atoms with E-state index in [0.717, 1.165) is 5.69 Å². The Balaban J connectivity index is 1.27. The molecule has 1 aliphatic rings. The molecule has 12 nitrogen and oxygen atoms in total. The highest BCUT2D eigenvalue weighted by atomic mass is 16.6. The molecule has 212 valence electrons. The van der Waals surface area contributed by atoms with Gasteiger partial charge in [-0.15, -0.1) is 0 Å². The van der Waals surface area contributed by atoms with Crippen molar-refractivity contribution < 1.29 is 19.7 Å². The van der Waals surface area contributed by atoms with Gasteiger partial charge in [0.2, 0.25) is 0 Å². The first-order chi connectivity index (χ1) is 18.5. The second-order valence-electron chi connectivity index (χ2n) is 11.3. The van der Waals surface area contributed by atoms with E-state index in [1.165, 1.54) is 18.2 Å². The summed E-state index contributed by atoms with van der Waals surface area (Å²) in [4.78, 5) is 26.9. The minimum Gasteiger partial charge on any atom is -0.387 e. The number of urea groups is 1. The smallest absolute Gasteiger partial charge is 0.319 e. The fourth-order valence-corrected chi connectivity index (χ4v) is 4.67. The number of nitrogens with zero attached hydrogens (tertiary/aromatic N) is 5. The number of fused-ring (bicyclic) bond motifs is 1. The number of carbonyl (C=O) groups excluding carboxylic acids is 1. The molecule has 1 unspecified atom stereocenters. The van der Waals surface area contributed by atoms with Crippen LogP contribution in [0.15, 0.2) is 36.9 Å². The lowest BCUT2D eigenvalue weighted by molar-refractivity contribution is -0.0468. The Bertz CT molecular complexity index is 1260. The molecule has 3 heterocycles. The predicted molar refractivity (Wildman–Crippen MR) is 149 cm³/mol. The van der Waals surface area contributed by atoms with Gasteiger partial charge in [-0.2, -0.15) is 0 Å². The van der Waals surface area contributed by atoms with Gasteiger partial charge in [0.15, 0.2) is 17.7 Å². The number of imidazole rings is 1. The van der Waals surface area contributed by atoms with E-state index in [1.54, 1.807) is 4.57 Å². The number of nitrogens with two attached hydrogens (primary N) is 1. The zero-order valence-corrected chi connectivity index (χ0v) is 23.2. The number of hydrogen-bond donors (Lipinski definition) is 5. The van der Waals surface area contributed by atoms with Crippen molar-refractivity contribution >= 4 is 28.7 Å². The van der Waals surface area contributed by atoms with Crippen molar-refractivity contribution in [3.8, 4) is 0 Å². The molecule has 4 atom stereocenters. The molecule has 6 N–H and O–H groups in total. The average molecular weight is 541 g/mol. The van der Waals surface area contributed by atoms with Crippen molar-refractivity contribution in [2.24, 2.45) is 0 Å². The summed E-state index contributed by atoms with van der Waals surface area (Å²) < 4.78 is 7.67. The average Bonchev–Trinajstić information content (AvgIpc) is 3.42. The molecule has 2 amide bonds. The summed E-state index contributed by atoms with van der Waals surface area (Å²) in [5.74, 6) is 0.232. The van der Waals surface area contributed by atoms with Crippen LogP contribution in [0.25, 0.3) is 11.2 Å². The summed E-state index contributed by atoms with van der Waals surface area (Å²) in [6.45, 7) is 12.1. The van der Waals surface area contributed by atoms with Crippen LogP contribution in [0.4, 0.5) is 16.3 Å². The Hall–Kier alpha value is -3.32. The minimum atomic E-state index is -1.17. The molecule has 1 aromatic carbocycles. The molecular formula is C27H40N8O4. The monoisotopic (exact) mass is 540 g/mol. The third-order valence-corrected chi connectivity index (χ3v) is 7.06. The van der Waals surface area contributed by atoms with E-state index in [4.69, 9.17) is 10.5 Å². The second kappa shape index (κ2) is 11.8. The van der Waals surface area contributed by atoms with Crippen molar-refractivity contribution in [2.45, 2.75) is 77.0 Å². The number of nitrogen functional groups attached to an aromatic ring is 1. The molecule has 12 heteroatoms. The lowest BCUT2D eigenvalue weighted by Gasteiger charge is -2.30. The molecule has 39 heavy (non-hydrogen) atoms. The standard InChI is InChI=1S/C27H40N8O4/c1-16(2)34(12-6-11-29-26(38)33-18-9-7-17(8-10-18)27(3,4)5)13-19-21(36)22(37)25(39-19)35-15-32-20-23(28)30-14-31-24(20)35/h7-10,14-16,19,21-22,25,36-37H,6,11-13H2,1-5H3,(H2,28,30,31)(H2,29,33,38)/t19-,21-,22-,25?/m1/s1. The van der Waals surface area contributed by atoms with Crippen LogP contribution in [-0.4, -0.2) is 84.7 Å². The Labute approximate surface area is 228 Å². The highest BCUT2D eigenvalue weighted by Gasteiger charge is 2.45. The lowest BCUT2D eigenvalue weighted by Crippen LogP contribution is -2.44. The minimum absolute atomic E-state index is 0.0546. The summed E-state index contributed by atoms with van der Waals surface area (Å²) in [6.07, 6.45) is -0.248. The summed E-state index contributed by atoms with van der Waals surface area (Å²) in [5.41, 5.74) is 8.71. The van der Waals surface area contributed by atoms with Crippen molar-refractivity contribution in [3.05, 3.63) is 42.5 Å². The van der Waals surface area contributed by atoms with Gasteiger partial charge in [0.25, 0.3) is 0 Å². The van der Waals surface area contributed by atoms with E-state index in [9.17, 15) is 15.0 Å². The number of carbonyl (C=O) groups is 1. The van der Waals surface area contributed by atoms with Gasteiger partial charge >= 0.3 is 6.03 Å². The van der Waals surface area contributed by atoms with Gasteiger partial charge in [0.05, 0.1) is 6.33 Å². The van der Waals surface area contributed by atoms with E-state index < -0.39 is 24.5 Å². The number of ether oxygens (including phenoxy) is 1. The first kappa shape index (κ1) is 28.7. The maximum atomic E-state index is 12.4. The molecule has 0 saturated carbocycles. The lowest BCUT2D eigenvalue weighted by atomic mass is 9.87. The largest absolute Gasteiger partial charge is 0.387 e. The predicted octanol–water partition coefficient (Wildman–Crippen LogP) is 2.25. The SMILES string of the molecule is CC(C)N(CCCNC(=O)Nc1ccc(C(C)(C)C)cc1)C[C@H]1OC(n2cnc3c(N)ncnc32)[C@H](O)[C@@H]1O. The van der Waals surface area contributed by atoms with Crippen molar-refractivity contribution in [3.63, 3.8) is 0 Å². The Kier molecular flexibility index (Phi) is 8.70. The second-order valence-corrected chi connectivity index (χ2v) is 11.3. The highest BCUT2D eigenvalue weighted by Crippen LogP contribution is 2.32. The van der Waals surface area contributed by atoms with Gasteiger partial charge in [0, 0.05) is 31.4 Å². The molecule has 2 aromatic heterocycles. The summed E-state index contributed by atoms with van der Waals surface area (Å²) in [7, 11) is 0. The number of aliphatic hydroxyl groups excluding tert-OH is 2. The molecule has 4 rings (SSSR count). The number of aliphatic hydroxyl groups is 2. The number of hydrogen-bond acceptors (Lipinski definition) is 9. The van der Waals surface area contributed by atoms with Gasteiger partial charge in [-0.3, -0.25) is 9.47 Å². The molecule has 1 aliphatic heterocycles. The number of nitrogens with one attached hydrogen (secondary N) is 2. The van der Waals surface area contributed by atoms with Crippen molar-refractivity contribution in [1.29, 1.82) is 0 Å². The Morgan fingerprint density at radius 2 is 1.87 bits per heavy atom. The van der Waals surface area contributed by atoms with Gasteiger partial charge in [-0.25, -0.2) is 19.7 Å². The first-order valence-corrected chi connectivity index (χ1v) is 13.3. The number of anilines is 2. The third-order valence-electron chi connectivity index (χ3n) is 7.06. The topological polar surface area (TPSA) is 164 Å². The Morgan fingerprint density at radius 3 is 2.54 bits per heavy atom. The number of amides is 2. The molecule has 0 spiro atoms. The van der Waals surface area contributed by atoms with E-state index in [2.05, 4.69) is 65.1 Å². The fourth-order valence-electron chi connectivity index (χ4n) is 4.67. The third kappa shape index (κ3) is 6.64. The molecule has 0 radical (unpaired) electrons. The molecule has 0 aliphatic carbocycles. The summed E-state index contributed by atoms with van der Waals surface area (Å²) in [6, 6.07) is 7.76. The molecular weight excluding hydrogens is 500 g/mol. The zero-order valence-electron chi connectivity index (χ0n) is 23.2. The van der Waals surface area contributed by atoms with E-state index in [1.807, 2.05) is 24.3 Å². The van der Waals surface area contributed by atoms with Gasteiger partial charge in [0.1, 0.15) is 30.2 Å². The summed E-state index contributed by atoms with van der Waals surface area (Å²) >= 11 is 0. The van der Waals surface area contributed by atoms with E-state index in [-0.39, 0.29) is 23.3 Å². The van der Waals surface area contributed by atoms with Crippen molar-refractivity contribution in [2.75, 3.05) is 30.7 Å².